The molecule has 6 nitrogen and oxygen atoms in total. The summed E-state index contributed by atoms with van der Waals surface area (Å²) in [5, 5.41) is 6.62. The van der Waals surface area contributed by atoms with Gasteiger partial charge in [0.2, 0.25) is 10.0 Å². The predicted molar refractivity (Wildman–Crippen MR) is 122 cm³/mol. The van der Waals surface area contributed by atoms with Crippen LogP contribution in [0.5, 0.6) is 0 Å². The van der Waals surface area contributed by atoms with Gasteiger partial charge < -0.3 is 10.6 Å². The molecular weight excluding hydrogens is 475 g/mol. The number of aliphatic imine (C=N–C) groups is 1. The highest BCUT2D eigenvalue weighted by atomic mass is 127. The van der Waals surface area contributed by atoms with Gasteiger partial charge in [0, 0.05) is 13.1 Å². The SMILES string of the molecule is CCNC(=NCc1cccc(S(=O)(=O)NC)c1)NCCCC1CCCC1.I. The van der Waals surface area contributed by atoms with Crippen LogP contribution in [0.2, 0.25) is 0 Å². The first-order valence-electron chi connectivity index (χ1n) is 9.60. The second-order valence-electron chi connectivity index (χ2n) is 6.77. The van der Waals surface area contributed by atoms with E-state index in [4.69, 9.17) is 0 Å². The molecule has 3 N–H and O–H groups in total. The fourth-order valence-electron chi connectivity index (χ4n) is 3.34. The van der Waals surface area contributed by atoms with E-state index in [0.717, 1.165) is 37.0 Å². The largest absolute Gasteiger partial charge is 0.357 e. The first kappa shape index (κ1) is 24.2. The van der Waals surface area contributed by atoms with Crippen molar-refractivity contribution in [1.82, 2.24) is 15.4 Å². The second-order valence-corrected chi connectivity index (χ2v) is 8.66. The number of sulfonamides is 1. The number of rotatable bonds is 9. The van der Waals surface area contributed by atoms with Crippen LogP contribution in [0.25, 0.3) is 0 Å². The third-order valence-corrected chi connectivity index (χ3v) is 6.21. The monoisotopic (exact) mass is 508 g/mol. The molecule has 1 aliphatic rings. The molecule has 1 aliphatic carbocycles. The van der Waals surface area contributed by atoms with Crippen molar-refractivity contribution in [3.8, 4) is 0 Å². The summed E-state index contributed by atoms with van der Waals surface area (Å²) in [5.74, 6) is 1.69. The predicted octanol–water partition coefficient (Wildman–Crippen LogP) is 3.24. The van der Waals surface area contributed by atoms with Crippen molar-refractivity contribution in [2.75, 3.05) is 20.1 Å². The first-order valence-corrected chi connectivity index (χ1v) is 11.1. The molecule has 27 heavy (non-hydrogen) atoms. The van der Waals surface area contributed by atoms with E-state index in [0.29, 0.717) is 6.54 Å². The number of hydrogen-bond acceptors (Lipinski definition) is 3. The van der Waals surface area contributed by atoms with E-state index in [1.165, 1.54) is 39.2 Å². The Morgan fingerprint density at radius 2 is 1.96 bits per heavy atom. The molecule has 1 aromatic carbocycles. The van der Waals surface area contributed by atoms with Crippen LogP contribution in [-0.4, -0.2) is 34.5 Å². The van der Waals surface area contributed by atoms with Crippen molar-refractivity contribution in [3.05, 3.63) is 29.8 Å². The molecule has 0 radical (unpaired) electrons. The molecule has 1 saturated carbocycles. The molecular formula is C19H33IN4O2S. The molecule has 0 spiro atoms. The third kappa shape index (κ3) is 8.35. The number of guanidine groups is 1. The molecule has 154 valence electrons. The van der Waals surface area contributed by atoms with Gasteiger partial charge in [-0.15, -0.1) is 24.0 Å². The molecule has 0 heterocycles. The maximum atomic E-state index is 11.9. The summed E-state index contributed by atoms with van der Waals surface area (Å²) in [6.45, 7) is 4.18. The third-order valence-electron chi connectivity index (χ3n) is 4.80. The lowest BCUT2D eigenvalue weighted by atomic mass is 10.0. The van der Waals surface area contributed by atoms with Crippen molar-refractivity contribution < 1.29 is 8.42 Å². The van der Waals surface area contributed by atoms with Gasteiger partial charge in [0.25, 0.3) is 0 Å². The number of nitrogens with zero attached hydrogens (tertiary/aromatic N) is 1. The van der Waals surface area contributed by atoms with Crippen LogP contribution in [0.4, 0.5) is 0 Å². The molecule has 0 atom stereocenters. The maximum Gasteiger partial charge on any atom is 0.240 e. The topological polar surface area (TPSA) is 82.6 Å². The Morgan fingerprint density at radius 3 is 2.63 bits per heavy atom. The van der Waals surface area contributed by atoms with Crippen LogP contribution in [0.15, 0.2) is 34.2 Å². The van der Waals surface area contributed by atoms with E-state index < -0.39 is 10.0 Å². The summed E-state index contributed by atoms with van der Waals surface area (Å²) >= 11 is 0. The Hall–Kier alpha value is -0.870. The summed E-state index contributed by atoms with van der Waals surface area (Å²) in [5.41, 5.74) is 0.865. The van der Waals surface area contributed by atoms with E-state index in [2.05, 4.69) is 20.3 Å². The second kappa shape index (κ2) is 12.6. The van der Waals surface area contributed by atoms with Gasteiger partial charge in [0.05, 0.1) is 11.4 Å². The number of nitrogens with one attached hydrogen (secondary N) is 3. The van der Waals surface area contributed by atoms with E-state index in [-0.39, 0.29) is 28.9 Å². The van der Waals surface area contributed by atoms with Crippen LogP contribution in [0.3, 0.4) is 0 Å². The number of benzene rings is 1. The molecule has 0 bridgehead atoms. The van der Waals surface area contributed by atoms with Gasteiger partial charge in [-0.25, -0.2) is 18.1 Å². The lowest BCUT2D eigenvalue weighted by molar-refractivity contribution is 0.481. The van der Waals surface area contributed by atoms with Crippen molar-refractivity contribution in [3.63, 3.8) is 0 Å². The molecule has 0 amide bonds. The highest BCUT2D eigenvalue weighted by molar-refractivity contribution is 14.0. The number of halogens is 1. The van der Waals surface area contributed by atoms with Gasteiger partial charge >= 0.3 is 0 Å². The molecule has 2 rings (SSSR count). The van der Waals surface area contributed by atoms with Gasteiger partial charge in [-0.1, -0.05) is 37.8 Å². The van der Waals surface area contributed by atoms with Crippen molar-refractivity contribution in [2.45, 2.75) is 56.9 Å². The minimum atomic E-state index is -3.42. The van der Waals surface area contributed by atoms with E-state index in [9.17, 15) is 8.42 Å². The summed E-state index contributed by atoms with van der Waals surface area (Å²) < 4.78 is 26.2. The Kier molecular flexibility index (Phi) is 11.2. The van der Waals surface area contributed by atoms with Crippen LogP contribution < -0.4 is 15.4 Å². The molecule has 1 aromatic rings. The molecule has 1 fully saturated rings. The van der Waals surface area contributed by atoms with Crippen LogP contribution in [0.1, 0.15) is 51.0 Å². The molecule has 0 unspecified atom stereocenters. The van der Waals surface area contributed by atoms with Crippen LogP contribution >= 0.6 is 24.0 Å². The lowest BCUT2D eigenvalue weighted by Crippen LogP contribution is -2.37. The quantitative estimate of drug-likeness (QED) is 0.207. The normalized spacial score (nSPS) is 15.4. The Bertz CT molecular complexity index is 689. The van der Waals surface area contributed by atoms with Crippen LogP contribution in [-0.2, 0) is 16.6 Å². The Labute approximate surface area is 181 Å². The minimum absolute atomic E-state index is 0. The van der Waals surface area contributed by atoms with Crippen LogP contribution in [0, 0.1) is 5.92 Å². The van der Waals surface area contributed by atoms with Gasteiger partial charge in [-0.2, -0.15) is 0 Å². The number of hydrogen-bond donors (Lipinski definition) is 3. The molecule has 0 aliphatic heterocycles. The van der Waals surface area contributed by atoms with Gasteiger partial charge in [-0.05, 0) is 50.4 Å². The average Bonchev–Trinajstić information content (AvgIpc) is 3.17. The Morgan fingerprint density at radius 1 is 1.22 bits per heavy atom. The maximum absolute atomic E-state index is 11.9. The molecule has 0 saturated heterocycles. The molecule has 0 aromatic heterocycles. The first-order chi connectivity index (χ1) is 12.5. The van der Waals surface area contributed by atoms with Gasteiger partial charge in [-0.3, -0.25) is 0 Å². The van der Waals surface area contributed by atoms with Crippen molar-refractivity contribution in [2.24, 2.45) is 10.9 Å². The van der Waals surface area contributed by atoms with Gasteiger partial charge in [0.15, 0.2) is 5.96 Å². The molecule has 8 heteroatoms. The standard InChI is InChI=1S/C19H32N4O2S.HI/c1-3-21-19(22-13-7-11-16-8-4-5-9-16)23-15-17-10-6-12-18(14-17)26(24,25)20-2;/h6,10,12,14,16,20H,3-5,7-9,11,13,15H2,1-2H3,(H2,21,22,23);1H. The lowest BCUT2D eigenvalue weighted by Gasteiger charge is -2.13. The van der Waals surface area contributed by atoms with E-state index in [1.54, 1.807) is 18.2 Å². The summed E-state index contributed by atoms with van der Waals surface area (Å²) in [6.07, 6.45) is 8.01. The fraction of sp³-hybridized carbons (Fsp3) is 0.632. The van der Waals surface area contributed by atoms with E-state index >= 15 is 0 Å². The Balaban J connectivity index is 0.00000364. The summed E-state index contributed by atoms with van der Waals surface area (Å²) in [6, 6.07) is 6.89. The fourth-order valence-corrected chi connectivity index (χ4v) is 4.14. The van der Waals surface area contributed by atoms with Crippen molar-refractivity contribution in [1.29, 1.82) is 0 Å². The zero-order valence-electron chi connectivity index (χ0n) is 16.3. The summed E-state index contributed by atoms with van der Waals surface area (Å²) in [4.78, 5) is 4.85. The van der Waals surface area contributed by atoms with Gasteiger partial charge in [0.1, 0.15) is 0 Å². The highest BCUT2D eigenvalue weighted by Crippen LogP contribution is 2.28. The van der Waals surface area contributed by atoms with E-state index in [1.807, 2.05) is 13.0 Å². The highest BCUT2D eigenvalue weighted by Gasteiger charge is 2.14. The zero-order valence-corrected chi connectivity index (χ0v) is 19.5. The minimum Gasteiger partial charge on any atom is -0.357 e. The smallest absolute Gasteiger partial charge is 0.240 e. The zero-order chi connectivity index (χ0) is 18.8. The summed E-state index contributed by atoms with van der Waals surface area (Å²) in [7, 11) is -2.01. The van der Waals surface area contributed by atoms with Crippen molar-refractivity contribution >= 4 is 40.0 Å². The average molecular weight is 508 g/mol.